The highest BCUT2D eigenvalue weighted by Crippen LogP contribution is 2.25. The van der Waals surface area contributed by atoms with Gasteiger partial charge in [0.2, 0.25) is 5.55 Å². The predicted octanol–water partition coefficient (Wildman–Crippen LogP) is 1.78. The third kappa shape index (κ3) is 1.60. The van der Waals surface area contributed by atoms with Crippen molar-refractivity contribution in [2.45, 2.75) is 6.18 Å². The van der Waals surface area contributed by atoms with Crippen molar-refractivity contribution >= 4 is 0 Å². The van der Waals surface area contributed by atoms with Crippen LogP contribution in [0, 0.1) is 5.41 Å². The first kappa shape index (κ1) is 7.84. The molecule has 1 heterocycles. The van der Waals surface area contributed by atoms with Crippen LogP contribution in [-0.4, -0.2) is 0 Å². The van der Waals surface area contributed by atoms with Gasteiger partial charge in [-0.25, -0.2) is 0 Å². The quantitative estimate of drug-likeness (QED) is 0.621. The summed E-state index contributed by atoms with van der Waals surface area (Å²) in [5, 5.41) is 6.74. The zero-order chi connectivity index (χ0) is 8.48. The van der Waals surface area contributed by atoms with Crippen molar-refractivity contribution in [3.63, 3.8) is 0 Å². The zero-order valence-corrected chi connectivity index (χ0v) is 5.27. The van der Waals surface area contributed by atoms with Gasteiger partial charge in [-0.1, -0.05) is 0 Å². The molecule has 60 valence electrons. The Hall–Kier alpha value is -1.26. The number of alkyl halides is 3. The second-order valence-electron chi connectivity index (χ2n) is 1.85. The van der Waals surface area contributed by atoms with Gasteiger partial charge in [-0.05, 0) is 12.1 Å². The first-order chi connectivity index (χ1) is 5.02. The number of hydrogen-bond acceptors (Lipinski definition) is 2. The highest BCUT2D eigenvalue weighted by Gasteiger charge is 2.32. The molecule has 1 aromatic heterocycles. The topological polar surface area (TPSA) is 37.0 Å². The summed E-state index contributed by atoms with van der Waals surface area (Å²) in [4.78, 5) is 0. The maximum absolute atomic E-state index is 11.9. The summed E-state index contributed by atoms with van der Waals surface area (Å²) >= 11 is 0. The van der Waals surface area contributed by atoms with Crippen LogP contribution in [0.25, 0.3) is 0 Å². The molecule has 0 radical (unpaired) electrons. The third-order valence-corrected chi connectivity index (χ3v) is 1.08. The van der Waals surface area contributed by atoms with Gasteiger partial charge in [-0.3, -0.25) is 5.41 Å². The number of hydrogen-bond donors (Lipinski definition) is 1. The average molecular weight is 163 g/mol. The molecule has 11 heavy (non-hydrogen) atoms. The SMILES string of the molecule is N=c1occcc1C(F)(F)F. The van der Waals surface area contributed by atoms with E-state index in [4.69, 9.17) is 5.41 Å². The molecule has 1 rings (SSSR count). The summed E-state index contributed by atoms with van der Waals surface area (Å²) in [5.74, 6) is 0. The van der Waals surface area contributed by atoms with E-state index in [1.807, 2.05) is 0 Å². The minimum atomic E-state index is -4.50. The number of rotatable bonds is 0. The average Bonchev–Trinajstić information content (AvgIpc) is 1.86. The maximum atomic E-state index is 11.9. The zero-order valence-electron chi connectivity index (χ0n) is 5.27. The molecule has 0 amide bonds. The van der Waals surface area contributed by atoms with Crippen LogP contribution < -0.4 is 5.55 Å². The van der Waals surface area contributed by atoms with Crippen LogP contribution in [-0.2, 0) is 6.18 Å². The van der Waals surface area contributed by atoms with Crippen molar-refractivity contribution in [2.75, 3.05) is 0 Å². The van der Waals surface area contributed by atoms with Crippen LogP contribution in [0.3, 0.4) is 0 Å². The van der Waals surface area contributed by atoms with Gasteiger partial charge in [0.05, 0.1) is 6.26 Å². The van der Waals surface area contributed by atoms with Crippen molar-refractivity contribution in [3.05, 3.63) is 29.5 Å². The second-order valence-corrected chi connectivity index (χ2v) is 1.85. The van der Waals surface area contributed by atoms with Gasteiger partial charge in [0, 0.05) is 0 Å². The molecule has 0 aliphatic carbocycles. The fourth-order valence-electron chi connectivity index (χ4n) is 0.605. The van der Waals surface area contributed by atoms with Gasteiger partial charge in [-0.15, -0.1) is 0 Å². The molecule has 1 N–H and O–H groups in total. The van der Waals surface area contributed by atoms with E-state index in [1.54, 1.807) is 0 Å². The van der Waals surface area contributed by atoms with Gasteiger partial charge in [0.15, 0.2) is 0 Å². The summed E-state index contributed by atoms with van der Waals surface area (Å²) < 4.78 is 39.8. The maximum Gasteiger partial charge on any atom is 0.421 e. The van der Waals surface area contributed by atoms with Crippen molar-refractivity contribution in [1.82, 2.24) is 0 Å². The van der Waals surface area contributed by atoms with E-state index in [0.717, 1.165) is 18.4 Å². The van der Waals surface area contributed by atoms with Crippen molar-refractivity contribution < 1.29 is 17.6 Å². The lowest BCUT2D eigenvalue weighted by molar-refractivity contribution is -0.140. The second kappa shape index (κ2) is 2.41. The Labute approximate surface area is 59.8 Å². The van der Waals surface area contributed by atoms with Gasteiger partial charge in [-0.2, -0.15) is 13.2 Å². The Morgan fingerprint density at radius 2 is 2.00 bits per heavy atom. The summed E-state index contributed by atoms with van der Waals surface area (Å²) in [6.07, 6.45) is -3.47. The molecular formula is C6H4F3NO. The highest BCUT2D eigenvalue weighted by atomic mass is 19.4. The first-order valence-corrected chi connectivity index (χ1v) is 2.71. The van der Waals surface area contributed by atoms with Crippen LogP contribution in [0.1, 0.15) is 5.56 Å². The van der Waals surface area contributed by atoms with Crippen molar-refractivity contribution in [3.8, 4) is 0 Å². The van der Waals surface area contributed by atoms with Crippen LogP contribution in [0.2, 0.25) is 0 Å². The molecule has 1 aromatic rings. The lowest BCUT2D eigenvalue weighted by Gasteiger charge is -2.03. The van der Waals surface area contributed by atoms with Gasteiger partial charge in [0.1, 0.15) is 5.56 Å². The van der Waals surface area contributed by atoms with E-state index in [9.17, 15) is 13.2 Å². The molecular weight excluding hydrogens is 159 g/mol. The molecule has 0 aromatic carbocycles. The largest absolute Gasteiger partial charge is 0.447 e. The molecule has 0 saturated heterocycles. The monoisotopic (exact) mass is 163 g/mol. The van der Waals surface area contributed by atoms with Crippen LogP contribution in [0.15, 0.2) is 22.8 Å². The van der Waals surface area contributed by atoms with E-state index in [2.05, 4.69) is 4.42 Å². The Kier molecular flexibility index (Phi) is 1.72. The Bertz CT molecular complexity index is 301. The number of nitrogens with one attached hydrogen (secondary N) is 1. The minimum absolute atomic E-state index is 0.797. The molecule has 0 aliphatic rings. The van der Waals surface area contributed by atoms with Crippen LogP contribution in [0.5, 0.6) is 0 Å². The molecule has 0 aliphatic heterocycles. The van der Waals surface area contributed by atoms with E-state index >= 15 is 0 Å². The fourth-order valence-corrected chi connectivity index (χ4v) is 0.605. The summed E-state index contributed by atoms with van der Waals surface area (Å²) in [7, 11) is 0. The highest BCUT2D eigenvalue weighted by molar-refractivity contribution is 5.09. The van der Waals surface area contributed by atoms with Gasteiger partial charge >= 0.3 is 6.18 Å². The van der Waals surface area contributed by atoms with E-state index in [1.165, 1.54) is 0 Å². The predicted molar refractivity (Wildman–Crippen MR) is 29.6 cm³/mol. The molecule has 5 heteroatoms. The molecule has 0 spiro atoms. The Morgan fingerprint density at radius 3 is 2.36 bits per heavy atom. The molecule has 0 atom stereocenters. The smallest absolute Gasteiger partial charge is 0.421 e. The fraction of sp³-hybridized carbons (Fsp3) is 0.167. The van der Waals surface area contributed by atoms with Crippen LogP contribution >= 0.6 is 0 Å². The summed E-state index contributed by atoms with van der Waals surface area (Å²) in [6, 6.07) is 1.90. The standard InChI is InChI=1S/C6H4F3NO/c7-6(8,9)4-2-1-3-11-5(4)10/h1-3,10H. The minimum Gasteiger partial charge on any atom is -0.447 e. The number of halogens is 3. The van der Waals surface area contributed by atoms with E-state index < -0.39 is 17.3 Å². The van der Waals surface area contributed by atoms with Gasteiger partial charge in [0.25, 0.3) is 0 Å². The molecule has 0 saturated carbocycles. The van der Waals surface area contributed by atoms with Crippen molar-refractivity contribution in [2.24, 2.45) is 0 Å². The molecule has 0 fully saturated rings. The molecule has 2 nitrogen and oxygen atoms in total. The lowest BCUT2D eigenvalue weighted by atomic mass is 10.3. The summed E-state index contributed by atoms with van der Waals surface area (Å²) in [5.41, 5.74) is -1.92. The normalized spacial score (nSPS) is 11.5. The molecule has 0 unspecified atom stereocenters. The van der Waals surface area contributed by atoms with E-state index in [0.29, 0.717) is 0 Å². The van der Waals surface area contributed by atoms with Crippen molar-refractivity contribution in [1.29, 1.82) is 5.41 Å². The van der Waals surface area contributed by atoms with Gasteiger partial charge < -0.3 is 4.42 Å². The first-order valence-electron chi connectivity index (χ1n) is 2.71. The Balaban J connectivity index is 3.26. The van der Waals surface area contributed by atoms with E-state index in [-0.39, 0.29) is 0 Å². The summed E-state index contributed by atoms with van der Waals surface area (Å²) in [6.45, 7) is 0. The Morgan fingerprint density at radius 1 is 1.36 bits per heavy atom. The molecule has 0 bridgehead atoms. The third-order valence-electron chi connectivity index (χ3n) is 1.08. The van der Waals surface area contributed by atoms with Crippen LogP contribution in [0.4, 0.5) is 13.2 Å². The lowest BCUT2D eigenvalue weighted by Crippen LogP contribution is -2.17.